The molecule has 1 atom stereocenters. The third-order valence-corrected chi connectivity index (χ3v) is 3.26. The van der Waals surface area contributed by atoms with Crippen molar-refractivity contribution in [2.45, 2.75) is 37.6 Å². The lowest BCUT2D eigenvalue weighted by Crippen LogP contribution is -2.49. The van der Waals surface area contributed by atoms with Crippen molar-refractivity contribution in [1.82, 2.24) is 4.90 Å². The minimum atomic E-state index is -2.74. The van der Waals surface area contributed by atoms with Crippen LogP contribution >= 0.6 is 0 Å². The summed E-state index contributed by atoms with van der Waals surface area (Å²) in [4.78, 5) is 23.8. The van der Waals surface area contributed by atoms with Gasteiger partial charge in [0, 0.05) is 25.3 Å². The molecule has 0 spiro atoms. The number of likely N-dealkylation sites (tertiary alicyclic amines) is 1. The maximum Gasteiger partial charge on any atom is 0.326 e. The Hall–Kier alpha value is -1.20. The van der Waals surface area contributed by atoms with Crippen LogP contribution in [0.1, 0.15) is 25.7 Å². The number of amides is 1. The zero-order valence-electron chi connectivity index (χ0n) is 8.66. The Balaban J connectivity index is 1.97. The van der Waals surface area contributed by atoms with Crippen molar-refractivity contribution in [3.8, 4) is 0 Å². The average Bonchev–Trinajstić information content (AvgIpc) is 2.60. The summed E-state index contributed by atoms with van der Waals surface area (Å²) in [5.74, 6) is -4.89. The molecule has 6 heteroatoms. The van der Waals surface area contributed by atoms with Crippen LogP contribution in [0.15, 0.2) is 0 Å². The molecule has 0 aromatic rings. The van der Waals surface area contributed by atoms with Gasteiger partial charge in [-0.25, -0.2) is 13.6 Å². The average molecular weight is 233 g/mol. The molecule has 1 N–H and O–H groups in total. The number of carbonyl (C=O) groups is 2. The zero-order chi connectivity index (χ0) is 11.9. The summed E-state index contributed by atoms with van der Waals surface area (Å²) in [6.45, 7) is 0.373. The smallest absolute Gasteiger partial charge is 0.326 e. The molecular weight excluding hydrogens is 220 g/mol. The summed E-state index contributed by atoms with van der Waals surface area (Å²) in [6, 6.07) is -0.818. The number of carbonyl (C=O) groups excluding carboxylic acids is 1. The molecule has 1 saturated heterocycles. The SMILES string of the molecule is O=C(O)C1CCCN1C(=O)C1CC(F)(F)C1. The highest BCUT2D eigenvalue weighted by atomic mass is 19.3. The maximum absolute atomic E-state index is 12.6. The molecular formula is C10H13F2NO3. The highest BCUT2D eigenvalue weighted by molar-refractivity contribution is 5.86. The van der Waals surface area contributed by atoms with Crippen LogP contribution in [0, 0.1) is 5.92 Å². The van der Waals surface area contributed by atoms with Crippen molar-refractivity contribution in [2.75, 3.05) is 6.54 Å². The molecule has 16 heavy (non-hydrogen) atoms. The van der Waals surface area contributed by atoms with E-state index in [0.29, 0.717) is 19.4 Å². The van der Waals surface area contributed by atoms with Crippen molar-refractivity contribution < 1.29 is 23.5 Å². The molecule has 4 nitrogen and oxygen atoms in total. The van der Waals surface area contributed by atoms with Crippen molar-refractivity contribution >= 4 is 11.9 Å². The zero-order valence-corrected chi connectivity index (χ0v) is 8.66. The molecule has 0 radical (unpaired) electrons. The fourth-order valence-electron chi connectivity index (χ4n) is 2.36. The van der Waals surface area contributed by atoms with Gasteiger partial charge in [0.2, 0.25) is 11.8 Å². The fourth-order valence-corrected chi connectivity index (χ4v) is 2.36. The van der Waals surface area contributed by atoms with Gasteiger partial charge in [0.25, 0.3) is 0 Å². The van der Waals surface area contributed by atoms with Gasteiger partial charge in [-0.1, -0.05) is 0 Å². The summed E-state index contributed by atoms with van der Waals surface area (Å²) in [7, 11) is 0. The molecule has 1 saturated carbocycles. The second-order valence-corrected chi connectivity index (χ2v) is 4.49. The number of hydrogen-bond donors (Lipinski definition) is 1. The van der Waals surface area contributed by atoms with Crippen LogP contribution in [0.25, 0.3) is 0 Å². The molecule has 1 aliphatic carbocycles. The van der Waals surface area contributed by atoms with E-state index in [-0.39, 0.29) is 0 Å². The topological polar surface area (TPSA) is 57.6 Å². The molecule has 1 aliphatic heterocycles. The normalized spacial score (nSPS) is 28.9. The van der Waals surface area contributed by atoms with Crippen LogP contribution in [0.5, 0.6) is 0 Å². The van der Waals surface area contributed by atoms with E-state index in [9.17, 15) is 18.4 Å². The van der Waals surface area contributed by atoms with Gasteiger partial charge in [0.05, 0.1) is 0 Å². The first kappa shape index (κ1) is 11.3. The Morgan fingerprint density at radius 2 is 1.94 bits per heavy atom. The van der Waals surface area contributed by atoms with Crippen LogP contribution < -0.4 is 0 Å². The molecule has 0 bridgehead atoms. The van der Waals surface area contributed by atoms with Crippen molar-refractivity contribution in [3.63, 3.8) is 0 Å². The number of alkyl halides is 2. The quantitative estimate of drug-likeness (QED) is 0.777. The monoisotopic (exact) mass is 233 g/mol. The van der Waals surface area contributed by atoms with Gasteiger partial charge in [-0.15, -0.1) is 0 Å². The van der Waals surface area contributed by atoms with Gasteiger partial charge in [-0.2, -0.15) is 0 Å². The molecule has 1 amide bonds. The standard InChI is InChI=1S/C10H13F2NO3/c11-10(12)4-6(5-10)8(14)13-3-1-2-7(13)9(15)16/h6-7H,1-5H2,(H,15,16). The van der Waals surface area contributed by atoms with Crippen molar-refractivity contribution in [1.29, 1.82) is 0 Å². The van der Waals surface area contributed by atoms with E-state index in [4.69, 9.17) is 5.11 Å². The number of aliphatic carboxylic acids is 1. The summed E-state index contributed by atoms with van der Waals surface area (Å²) >= 11 is 0. The summed E-state index contributed by atoms with van der Waals surface area (Å²) in [5, 5.41) is 8.87. The number of hydrogen-bond acceptors (Lipinski definition) is 2. The van der Waals surface area contributed by atoms with Crippen molar-refractivity contribution in [2.24, 2.45) is 5.92 Å². The van der Waals surface area contributed by atoms with Gasteiger partial charge >= 0.3 is 5.97 Å². The van der Waals surface area contributed by atoms with Crippen LogP contribution in [0.2, 0.25) is 0 Å². The summed E-state index contributed by atoms with van der Waals surface area (Å²) < 4.78 is 25.2. The van der Waals surface area contributed by atoms with E-state index in [2.05, 4.69) is 0 Å². The van der Waals surface area contributed by atoms with Gasteiger partial charge in [0.1, 0.15) is 6.04 Å². The first-order chi connectivity index (χ1) is 7.41. The molecule has 0 aromatic carbocycles. The first-order valence-electron chi connectivity index (χ1n) is 5.32. The van der Waals surface area contributed by atoms with E-state index in [0.717, 1.165) is 0 Å². The predicted molar refractivity (Wildman–Crippen MR) is 50.0 cm³/mol. The Morgan fingerprint density at radius 3 is 2.44 bits per heavy atom. The molecule has 1 heterocycles. The molecule has 1 unspecified atom stereocenters. The third kappa shape index (κ3) is 1.88. The highest BCUT2D eigenvalue weighted by Gasteiger charge is 2.51. The van der Waals surface area contributed by atoms with E-state index >= 15 is 0 Å². The fraction of sp³-hybridized carbons (Fsp3) is 0.800. The van der Waals surface area contributed by atoms with Crippen LogP contribution in [-0.2, 0) is 9.59 Å². The van der Waals surface area contributed by atoms with Crippen LogP contribution in [-0.4, -0.2) is 40.4 Å². The summed E-state index contributed by atoms with van der Waals surface area (Å²) in [5.41, 5.74) is 0. The third-order valence-electron chi connectivity index (χ3n) is 3.26. The largest absolute Gasteiger partial charge is 0.480 e. The molecule has 90 valence electrons. The Kier molecular flexibility index (Phi) is 2.59. The highest BCUT2D eigenvalue weighted by Crippen LogP contribution is 2.43. The van der Waals surface area contributed by atoms with E-state index in [1.807, 2.05) is 0 Å². The number of carboxylic acids is 1. The Bertz CT molecular complexity index is 324. The lowest BCUT2D eigenvalue weighted by molar-refractivity contribution is -0.164. The van der Waals surface area contributed by atoms with Crippen LogP contribution in [0.4, 0.5) is 8.78 Å². The number of halogens is 2. The minimum Gasteiger partial charge on any atom is -0.480 e. The van der Waals surface area contributed by atoms with Gasteiger partial charge in [0.15, 0.2) is 0 Å². The minimum absolute atomic E-state index is 0.373. The number of carboxylic acid groups (broad SMARTS) is 1. The molecule has 0 aromatic heterocycles. The molecule has 2 aliphatic rings. The van der Waals surface area contributed by atoms with Crippen molar-refractivity contribution in [3.05, 3.63) is 0 Å². The number of nitrogens with zero attached hydrogens (tertiary/aromatic N) is 1. The Labute approximate surface area is 91.2 Å². The first-order valence-corrected chi connectivity index (χ1v) is 5.32. The van der Waals surface area contributed by atoms with Gasteiger partial charge in [-0.3, -0.25) is 4.79 Å². The second kappa shape index (κ2) is 3.68. The molecule has 2 fully saturated rings. The number of rotatable bonds is 2. The lowest BCUT2D eigenvalue weighted by Gasteiger charge is -2.37. The second-order valence-electron chi connectivity index (χ2n) is 4.49. The predicted octanol–water partition coefficient (Wildman–Crippen LogP) is 1.11. The summed E-state index contributed by atoms with van der Waals surface area (Å²) in [6.07, 6.45) is 0.180. The van der Waals surface area contributed by atoms with E-state index in [1.54, 1.807) is 0 Å². The van der Waals surface area contributed by atoms with Gasteiger partial charge < -0.3 is 10.0 Å². The van der Waals surface area contributed by atoms with Gasteiger partial charge in [-0.05, 0) is 12.8 Å². The Morgan fingerprint density at radius 1 is 1.31 bits per heavy atom. The van der Waals surface area contributed by atoms with E-state index in [1.165, 1.54) is 4.90 Å². The van der Waals surface area contributed by atoms with Crippen LogP contribution in [0.3, 0.4) is 0 Å². The maximum atomic E-state index is 12.6. The lowest BCUT2D eigenvalue weighted by atomic mass is 9.80. The molecule has 2 rings (SSSR count). The van der Waals surface area contributed by atoms with E-state index < -0.39 is 42.6 Å².